The molecule has 2 heterocycles. The molecule has 0 aliphatic rings. The number of hydrogen-bond donors (Lipinski definition) is 0. The largest absolute Gasteiger partial charge is 0.494 e. The van der Waals surface area contributed by atoms with Crippen molar-refractivity contribution in [2.45, 2.75) is 33.2 Å². The molecule has 23 heavy (non-hydrogen) atoms. The third-order valence-electron chi connectivity index (χ3n) is 3.62. The molecule has 3 rings (SSSR count). The van der Waals surface area contributed by atoms with E-state index in [1.807, 2.05) is 50.5 Å². The molecule has 0 radical (unpaired) electrons. The molecule has 0 fully saturated rings. The van der Waals surface area contributed by atoms with E-state index in [1.54, 1.807) is 0 Å². The van der Waals surface area contributed by atoms with Crippen molar-refractivity contribution in [1.82, 2.24) is 19.7 Å². The van der Waals surface area contributed by atoms with Crippen LogP contribution in [0.5, 0.6) is 5.75 Å². The number of aromatic nitrogens is 4. The van der Waals surface area contributed by atoms with Gasteiger partial charge in [0.25, 0.3) is 0 Å². The third kappa shape index (κ3) is 3.77. The molecule has 0 spiro atoms. The second-order valence-electron chi connectivity index (χ2n) is 5.26. The lowest BCUT2D eigenvalue weighted by molar-refractivity contribution is 0.301. The highest BCUT2D eigenvalue weighted by atomic mass is 16.5. The first-order valence-corrected chi connectivity index (χ1v) is 7.80. The van der Waals surface area contributed by atoms with Crippen molar-refractivity contribution >= 4 is 0 Å². The van der Waals surface area contributed by atoms with E-state index in [0.717, 1.165) is 36.5 Å². The average Bonchev–Trinajstić information content (AvgIpc) is 3.21. The molecule has 0 N–H and O–H groups in total. The van der Waals surface area contributed by atoms with E-state index in [4.69, 9.17) is 9.26 Å². The van der Waals surface area contributed by atoms with Crippen LogP contribution in [0.3, 0.4) is 0 Å². The highest BCUT2D eigenvalue weighted by Crippen LogP contribution is 2.20. The van der Waals surface area contributed by atoms with Gasteiger partial charge in [0.15, 0.2) is 0 Å². The lowest BCUT2D eigenvalue weighted by Gasteiger charge is -2.08. The van der Waals surface area contributed by atoms with Gasteiger partial charge in [0.1, 0.15) is 11.6 Å². The zero-order valence-corrected chi connectivity index (χ0v) is 13.4. The maximum atomic E-state index is 5.76. The van der Waals surface area contributed by atoms with Crippen LogP contribution in [0.15, 0.2) is 41.2 Å². The van der Waals surface area contributed by atoms with Gasteiger partial charge in [-0.1, -0.05) is 12.1 Å². The standard InChI is InChI=1S/C17H20N4O2/c1-3-16-19-17(20-23-16)14-5-7-15(8-6-14)22-12-4-10-21-11-9-18-13(21)2/h5-9,11H,3-4,10,12H2,1-2H3. The molecule has 0 aliphatic heterocycles. The summed E-state index contributed by atoms with van der Waals surface area (Å²) < 4.78 is 13.0. The SMILES string of the molecule is CCc1nc(-c2ccc(OCCCn3ccnc3C)cc2)no1. The Bertz CT molecular complexity index is 746. The van der Waals surface area contributed by atoms with Crippen LogP contribution in [0.2, 0.25) is 0 Å². The topological polar surface area (TPSA) is 66.0 Å². The van der Waals surface area contributed by atoms with Crippen molar-refractivity contribution in [2.75, 3.05) is 6.61 Å². The molecular formula is C17H20N4O2. The van der Waals surface area contributed by atoms with Crippen LogP contribution < -0.4 is 4.74 Å². The number of imidazole rings is 1. The second kappa shape index (κ2) is 7.09. The zero-order chi connectivity index (χ0) is 16.1. The molecule has 0 bridgehead atoms. The minimum Gasteiger partial charge on any atom is -0.494 e. The summed E-state index contributed by atoms with van der Waals surface area (Å²) in [5.74, 6) is 3.13. The highest BCUT2D eigenvalue weighted by Gasteiger charge is 2.07. The first-order valence-electron chi connectivity index (χ1n) is 7.80. The predicted octanol–water partition coefficient (Wildman–Crippen LogP) is 3.27. The van der Waals surface area contributed by atoms with Crippen molar-refractivity contribution in [1.29, 1.82) is 0 Å². The molecule has 1 aromatic carbocycles. The van der Waals surface area contributed by atoms with Crippen molar-refractivity contribution in [3.63, 3.8) is 0 Å². The summed E-state index contributed by atoms with van der Waals surface area (Å²) in [6.07, 6.45) is 5.48. The molecule has 120 valence electrons. The van der Waals surface area contributed by atoms with E-state index in [1.165, 1.54) is 0 Å². The Morgan fingerprint density at radius 1 is 1.22 bits per heavy atom. The Morgan fingerprint density at radius 3 is 2.70 bits per heavy atom. The van der Waals surface area contributed by atoms with E-state index >= 15 is 0 Å². The van der Waals surface area contributed by atoms with E-state index < -0.39 is 0 Å². The smallest absolute Gasteiger partial charge is 0.226 e. The van der Waals surface area contributed by atoms with E-state index in [0.29, 0.717) is 18.3 Å². The minimum atomic E-state index is 0.615. The van der Waals surface area contributed by atoms with Crippen molar-refractivity contribution in [2.24, 2.45) is 0 Å². The lowest BCUT2D eigenvalue weighted by Crippen LogP contribution is -2.05. The molecular weight excluding hydrogens is 292 g/mol. The highest BCUT2D eigenvalue weighted by molar-refractivity contribution is 5.55. The van der Waals surface area contributed by atoms with Gasteiger partial charge in [-0.3, -0.25) is 0 Å². The van der Waals surface area contributed by atoms with Gasteiger partial charge in [-0.2, -0.15) is 4.98 Å². The fourth-order valence-corrected chi connectivity index (χ4v) is 2.28. The minimum absolute atomic E-state index is 0.615. The first kappa shape index (κ1) is 15.3. The summed E-state index contributed by atoms with van der Waals surface area (Å²) in [5, 5.41) is 3.96. The maximum absolute atomic E-state index is 5.76. The van der Waals surface area contributed by atoms with E-state index in [9.17, 15) is 0 Å². The molecule has 0 aliphatic carbocycles. The van der Waals surface area contributed by atoms with Crippen LogP contribution in [-0.4, -0.2) is 26.3 Å². The van der Waals surface area contributed by atoms with Gasteiger partial charge in [-0.15, -0.1) is 0 Å². The zero-order valence-electron chi connectivity index (χ0n) is 13.4. The van der Waals surface area contributed by atoms with Crippen LogP contribution in [0.25, 0.3) is 11.4 Å². The van der Waals surface area contributed by atoms with Gasteiger partial charge in [0, 0.05) is 30.9 Å². The number of nitrogens with zero attached hydrogens (tertiary/aromatic N) is 4. The normalized spacial score (nSPS) is 10.9. The van der Waals surface area contributed by atoms with E-state index in [-0.39, 0.29) is 0 Å². The molecule has 6 nitrogen and oxygen atoms in total. The molecule has 2 aromatic heterocycles. The molecule has 3 aromatic rings. The monoisotopic (exact) mass is 312 g/mol. The van der Waals surface area contributed by atoms with Gasteiger partial charge in [0.2, 0.25) is 11.7 Å². The Morgan fingerprint density at radius 2 is 2.04 bits per heavy atom. The number of rotatable bonds is 7. The van der Waals surface area contributed by atoms with Crippen molar-refractivity contribution in [3.8, 4) is 17.1 Å². The predicted molar refractivity (Wildman–Crippen MR) is 86.2 cm³/mol. The third-order valence-corrected chi connectivity index (χ3v) is 3.62. The Labute approximate surface area is 135 Å². The Kier molecular flexibility index (Phi) is 4.71. The van der Waals surface area contributed by atoms with Gasteiger partial charge in [-0.05, 0) is 37.6 Å². The number of ether oxygens (including phenoxy) is 1. The summed E-state index contributed by atoms with van der Waals surface area (Å²) in [7, 11) is 0. The van der Waals surface area contributed by atoms with Crippen LogP contribution in [0, 0.1) is 6.92 Å². The van der Waals surface area contributed by atoms with E-state index in [2.05, 4.69) is 19.7 Å². The van der Waals surface area contributed by atoms with Crippen LogP contribution in [-0.2, 0) is 13.0 Å². The summed E-state index contributed by atoms with van der Waals surface area (Å²) in [5.41, 5.74) is 0.926. The molecule has 6 heteroatoms. The molecule has 0 atom stereocenters. The molecule has 0 amide bonds. The Hall–Kier alpha value is -2.63. The van der Waals surface area contributed by atoms with Gasteiger partial charge in [-0.25, -0.2) is 4.98 Å². The summed E-state index contributed by atoms with van der Waals surface area (Å²) in [6.45, 7) is 5.56. The second-order valence-corrected chi connectivity index (χ2v) is 5.26. The van der Waals surface area contributed by atoms with Gasteiger partial charge >= 0.3 is 0 Å². The first-order chi connectivity index (χ1) is 11.3. The number of benzene rings is 1. The average molecular weight is 312 g/mol. The van der Waals surface area contributed by atoms with Crippen molar-refractivity contribution < 1.29 is 9.26 Å². The quantitative estimate of drug-likeness (QED) is 0.626. The fraction of sp³-hybridized carbons (Fsp3) is 0.353. The maximum Gasteiger partial charge on any atom is 0.226 e. The summed E-state index contributed by atoms with van der Waals surface area (Å²) in [4.78, 5) is 8.52. The van der Waals surface area contributed by atoms with Crippen LogP contribution in [0.1, 0.15) is 25.1 Å². The van der Waals surface area contributed by atoms with Crippen molar-refractivity contribution in [3.05, 3.63) is 48.4 Å². The summed E-state index contributed by atoms with van der Waals surface area (Å²) in [6, 6.07) is 7.75. The lowest BCUT2D eigenvalue weighted by atomic mass is 10.2. The van der Waals surface area contributed by atoms with Crippen LogP contribution >= 0.6 is 0 Å². The summed E-state index contributed by atoms with van der Waals surface area (Å²) >= 11 is 0. The number of hydrogen-bond acceptors (Lipinski definition) is 5. The fourth-order valence-electron chi connectivity index (χ4n) is 2.28. The number of aryl methyl sites for hydroxylation is 3. The molecule has 0 saturated carbocycles. The van der Waals surface area contributed by atoms with Gasteiger partial charge < -0.3 is 13.8 Å². The van der Waals surface area contributed by atoms with Gasteiger partial charge in [0.05, 0.1) is 6.61 Å². The molecule has 0 unspecified atom stereocenters. The Balaban J connectivity index is 1.50. The molecule has 0 saturated heterocycles. The van der Waals surface area contributed by atoms with Crippen LogP contribution in [0.4, 0.5) is 0 Å².